The lowest BCUT2D eigenvalue weighted by atomic mass is 9.95. The molecule has 1 aromatic carbocycles. The maximum Gasteiger partial charge on any atom is 0.321 e. The first-order valence-electron chi connectivity index (χ1n) is 28.5. The number of phenolic OH excluding ortho intramolecular Hbond substituents is 1. The molecule has 0 aliphatic carbocycles. The molecule has 0 saturated carbocycles. The van der Waals surface area contributed by atoms with E-state index in [0.717, 1.165) is 0 Å². The molecule has 21 fully saturated rings. The van der Waals surface area contributed by atoms with Crippen LogP contribution < -0.4 is 5.32 Å². The van der Waals surface area contributed by atoms with Crippen molar-refractivity contribution in [3.63, 3.8) is 0 Å². The molecule has 21 saturated heterocycles. The lowest BCUT2D eigenvalue weighted by Gasteiger charge is -2.50. The number of nitrogens with one attached hydrogen (secondary N) is 1. The summed E-state index contributed by atoms with van der Waals surface area (Å²) in [6.07, 6.45) is -72.4. The molecule has 89 heavy (non-hydrogen) atoms. The molecule has 21 aliphatic rings. The summed E-state index contributed by atoms with van der Waals surface area (Å²) in [4.78, 5) is 12.6. The van der Waals surface area contributed by atoms with Gasteiger partial charge in [-0.1, -0.05) is 12.1 Å². The van der Waals surface area contributed by atoms with Crippen molar-refractivity contribution in [1.29, 1.82) is 0 Å². The van der Waals surface area contributed by atoms with Crippen molar-refractivity contribution in [2.24, 2.45) is 0 Å². The average Bonchev–Trinajstić information content (AvgIpc) is 0.971. The van der Waals surface area contributed by atoms with Crippen molar-refractivity contribution in [3.8, 4) is 5.75 Å². The molecular formula is C51H79NO37. The third kappa shape index (κ3) is 14.7. The van der Waals surface area contributed by atoms with E-state index in [0.29, 0.717) is 5.56 Å². The quantitative estimate of drug-likeness (QED) is 0.0924. The second kappa shape index (κ2) is 30.2. The Morgan fingerprint density at radius 3 is 0.730 bits per heavy atom. The van der Waals surface area contributed by atoms with Gasteiger partial charge < -0.3 is 184 Å². The number of benzene rings is 1. The Balaban J connectivity index is 1.02. The van der Waals surface area contributed by atoms with Crippen LogP contribution in [-0.2, 0) is 77.5 Å². The molecule has 36 atom stereocenters. The number of aliphatic hydroxyl groups is 20. The molecule has 14 bridgehead atoms. The molecular weight excluding hydrogens is 1220 g/mol. The van der Waals surface area contributed by atoms with Crippen LogP contribution in [0.15, 0.2) is 24.3 Å². The molecule has 0 spiro atoms. The van der Waals surface area contributed by atoms with Gasteiger partial charge in [-0.15, -0.1) is 0 Å². The van der Waals surface area contributed by atoms with Gasteiger partial charge in [0.05, 0.1) is 39.6 Å². The van der Waals surface area contributed by atoms with Crippen molar-refractivity contribution >= 4 is 5.97 Å². The molecule has 0 aromatic heterocycles. The number of rotatable bonds is 12. The highest BCUT2D eigenvalue weighted by atomic mass is 16.8. The first kappa shape index (κ1) is 70.4. The van der Waals surface area contributed by atoms with Gasteiger partial charge in [0.1, 0.15) is 183 Å². The van der Waals surface area contributed by atoms with E-state index in [1.54, 1.807) is 0 Å². The van der Waals surface area contributed by atoms with E-state index in [2.05, 4.69) is 5.32 Å². The summed E-state index contributed by atoms with van der Waals surface area (Å²) >= 11 is 0. The van der Waals surface area contributed by atoms with Crippen LogP contribution in [0.3, 0.4) is 0 Å². The maximum atomic E-state index is 12.6. The van der Waals surface area contributed by atoms with Crippen LogP contribution in [0.1, 0.15) is 5.56 Å². The average molecular weight is 1300 g/mol. The van der Waals surface area contributed by atoms with Gasteiger partial charge in [0.2, 0.25) is 0 Å². The van der Waals surface area contributed by atoms with E-state index in [1.165, 1.54) is 24.3 Å². The van der Waals surface area contributed by atoms with Gasteiger partial charge in [-0.25, -0.2) is 0 Å². The van der Waals surface area contributed by atoms with Crippen molar-refractivity contribution in [2.45, 2.75) is 227 Å². The van der Waals surface area contributed by atoms with Crippen molar-refractivity contribution in [3.05, 3.63) is 29.8 Å². The molecule has 21 heterocycles. The Labute approximate surface area is 503 Å². The fourth-order valence-corrected chi connectivity index (χ4v) is 11.8. The van der Waals surface area contributed by atoms with E-state index in [1.807, 2.05) is 0 Å². The minimum atomic E-state index is -2.30. The van der Waals surface area contributed by atoms with Crippen LogP contribution in [-0.4, -0.2) is 385 Å². The van der Waals surface area contributed by atoms with Gasteiger partial charge in [0.25, 0.3) is 0 Å². The molecule has 21 aliphatic heterocycles. The van der Waals surface area contributed by atoms with Crippen molar-refractivity contribution in [1.82, 2.24) is 5.32 Å². The van der Waals surface area contributed by atoms with E-state index in [9.17, 15) is 117 Å². The first-order valence-corrected chi connectivity index (χ1v) is 28.5. The predicted molar refractivity (Wildman–Crippen MR) is 273 cm³/mol. The zero-order valence-corrected chi connectivity index (χ0v) is 46.7. The lowest BCUT2D eigenvalue weighted by Crippen LogP contribution is -2.68. The lowest BCUT2D eigenvalue weighted by molar-refractivity contribution is -0.396. The van der Waals surface area contributed by atoms with Crippen LogP contribution in [0.4, 0.5) is 0 Å². The van der Waals surface area contributed by atoms with E-state index in [-0.39, 0.29) is 12.2 Å². The zero-order chi connectivity index (χ0) is 64.6. The Morgan fingerprint density at radius 2 is 0.528 bits per heavy atom. The first-order chi connectivity index (χ1) is 42.4. The smallest absolute Gasteiger partial charge is 0.321 e. The van der Waals surface area contributed by atoms with Crippen molar-refractivity contribution in [2.75, 3.05) is 46.2 Å². The largest absolute Gasteiger partial charge is 0.508 e. The summed E-state index contributed by atoms with van der Waals surface area (Å²) in [5.74, 6) is -1.57. The maximum absolute atomic E-state index is 12.6. The number of aliphatic carboxylic acids is 1. The minimum absolute atomic E-state index is 0.133. The molecule has 38 nitrogen and oxygen atoms in total. The molecule has 22 rings (SSSR count). The van der Waals surface area contributed by atoms with Crippen molar-refractivity contribution < 1.29 is 183 Å². The summed E-state index contributed by atoms with van der Waals surface area (Å²) in [5, 5.41) is 247. The number of aliphatic hydroxyl groups excluding tert-OH is 20. The third-order valence-electron chi connectivity index (χ3n) is 16.8. The second-order valence-corrected chi connectivity index (χ2v) is 22.6. The third-order valence-corrected chi connectivity index (χ3v) is 16.8. The highest BCUT2D eigenvalue weighted by Crippen LogP contribution is 2.39. The van der Waals surface area contributed by atoms with Crippen LogP contribution in [0.2, 0.25) is 0 Å². The normalized spacial score (nSPS) is 49.8. The number of carboxylic acids is 1. The molecule has 23 N–H and O–H groups in total. The minimum Gasteiger partial charge on any atom is -0.508 e. The van der Waals surface area contributed by atoms with E-state index >= 15 is 0 Å². The van der Waals surface area contributed by atoms with Gasteiger partial charge in [0.15, 0.2) is 44.0 Å². The van der Waals surface area contributed by atoms with E-state index in [4.69, 9.17) is 66.3 Å². The van der Waals surface area contributed by atoms with Gasteiger partial charge in [-0.3, -0.25) is 4.79 Å². The molecule has 0 amide bonds. The summed E-state index contributed by atoms with van der Waals surface area (Å²) in [6, 6.07) is 3.94. The van der Waals surface area contributed by atoms with Crippen LogP contribution >= 0.6 is 0 Å². The topological polar surface area (TPSA) is 603 Å². The predicted octanol–water partition coefficient (Wildman–Crippen LogP) is -14.2. The van der Waals surface area contributed by atoms with Gasteiger partial charge in [-0.2, -0.15) is 0 Å². The summed E-state index contributed by atoms with van der Waals surface area (Å²) in [7, 11) is 0. The van der Waals surface area contributed by atoms with Crippen LogP contribution in [0, 0.1) is 0 Å². The van der Waals surface area contributed by atoms with Crippen LogP contribution in [0.25, 0.3) is 0 Å². The number of hydrogen-bond donors (Lipinski definition) is 23. The summed E-state index contributed by atoms with van der Waals surface area (Å²) in [5.41, 5.74) is 0.397. The monoisotopic (exact) mass is 1300 g/mol. The highest BCUT2D eigenvalue weighted by molar-refractivity contribution is 5.74. The fraction of sp³-hybridized carbons (Fsp3) is 0.863. The SMILES string of the molecule is O=C(O)[C@H](Cc1ccc(O)cc1)NC[C@H]1O[C@@H]2O[C@H]3[C@H](O)[C@@H](O)[C@@H](O[C@H]4[C@H](O)[C@@H](O)[C@@H](O[C@H]5[C@H](O)[C@@H](O)[C@@H](O[C@H]6[C@H](O)[C@@H](O)[C@@H](O[C@H]7[C@H](O)[C@@H](O)[C@@H](O[C@H]8[C@H](O)[C@@H](O)[C@@H](O[C@H]1[C@H](O)[C@H]2O)O[C@@H]8CO)O[C@@H]7CO)O[C@@H]6CO)O[C@@H]5CO)O[C@@H]4CO)O[C@@H]3CO. The van der Waals surface area contributed by atoms with Gasteiger partial charge in [0, 0.05) is 6.54 Å². The number of hydrogen-bond acceptors (Lipinski definition) is 37. The second-order valence-electron chi connectivity index (χ2n) is 22.6. The van der Waals surface area contributed by atoms with Gasteiger partial charge >= 0.3 is 5.97 Å². The number of phenols is 1. The highest BCUT2D eigenvalue weighted by Gasteiger charge is 2.60. The molecule has 1 aromatic rings. The number of aromatic hydroxyl groups is 1. The van der Waals surface area contributed by atoms with Gasteiger partial charge in [-0.05, 0) is 24.1 Å². The molecule has 38 heteroatoms. The zero-order valence-electron chi connectivity index (χ0n) is 46.7. The Morgan fingerprint density at radius 1 is 0.326 bits per heavy atom. The Bertz CT molecular complexity index is 2360. The van der Waals surface area contributed by atoms with E-state index < -0.39 is 273 Å². The standard InChI is InChI=1S/C51H79NO37/c53-7-17-38-25(62)32(69)47(78-17)86-40-19(9-55)80-49(34(71)27(40)64)88-42-21(11-57)82-51(36(73)29(42)66)89-43-22(12-58)81-50(35(72)28(43)65)87-41-20(10-56)79-48(33(70)26(41)63)85-39-18(8-54)77-46(31(68)24(39)61)83-37-16(76-45(84-38)30(67)23(37)60)6-52-15(44(74)75)5-13-1-3-14(59)4-2-13/h1-4,15-43,45-73H,5-12H2,(H,74,75)/t15-,16+,17+,18+,19+,20+,21+,22+,23+,24+,25+,26+,27+,28+,29+,30+,31+,32+,33+,34+,35+,36+,37+,38+,39+,40+,41+,42+,43+,45+,46+,47+,48+,49+,50+,51+/m0/s1. The number of carboxylic acid groups (broad SMARTS) is 1. The number of ether oxygens (including phenoxy) is 14. The summed E-state index contributed by atoms with van der Waals surface area (Å²) < 4.78 is 81.0. The molecule has 0 radical (unpaired) electrons. The fourth-order valence-electron chi connectivity index (χ4n) is 11.8. The molecule has 0 unspecified atom stereocenters. The van der Waals surface area contributed by atoms with Crippen LogP contribution in [0.5, 0.6) is 5.75 Å². The number of carbonyl (C=O) groups is 1. The molecule has 510 valence electrons. The Hall–Kier alpha value is -2.91. The summed E-state index contributed by atoms with van der Waals surface area (Å²) in [6.45, 7) is -7.18. The Kier molecular flexibility index (Phi) is 23.9.